The summed E-state index contributed by atoms with van der Waals surface area (Å²) in [7, 11) is 0. The lowest BCUT2D eigenvalue weighted by molar-refractivity contribution is -0.132. The van der Waals surface area contributed by atoms with E-state index in [1.807, 2.05) is 0 Å². The average Bonchev–Trinajstić information content (AvgIpc) is 3.34. The van der Waals surface area contributed by atoms with Crippen LogP contribution in [0.2, 0.25) is 0 Å². The summed E-state index contributed by atoms with van der Waals surface area (Å²) in [6.07, 6.45) is 5.58. The number of aliphatic hydroxyl groups is 1. The van der Waals surface area contributed by atoms with E-state index in [4.69, 9.17) is 0 Å². The highest BCUT2D eigenvalue weighted by atomic mass is 16.3. The van der Waals surface area contributed by atoms with E-state index < -0.39 is 12.1 Å². The standard InChI is InChI=1S/C19H34N2O3/c1-12(22)16(21-17(23)14-7-8-14)18(24)20-11-13-5-9-15(10-6-13)19(2,3)4/h12-16,22H,5-11H2,1-4H3,(H,20,24)(H,21,23). The summed E-state index contributed by atoms with van der Waals surface area (Å²) in [5.41, 5.74) is 0.360. The van der Waals surface area contributed by atoms with E-state index in [1.165, 1.54) is 12.8 Å². The Labute approximate surface area is 146 Å². The number of hydrogen-bond donors (Lipinski definition) is 3. The van der Waals surface area contributed by atoms with Crippen molar-refractivity contribution >= 4 is 11.8 Å². The maximum absolute atomic E-state index is 12.3. The lowest BCUT2D eigenvalue weighted by Crippen LogP contribution is -2.53. The van der Waals surface area contributed by atoms with Gasteiger partial charge in [0.1, 0.15) is 6.04 Å². The maximum atomic E-state index is 12.3. The van der Waals surface area contributed by atoms with Gasteiger partial charge in [0.15, 0.2) is 0 Å². The van der Waals surface area contributed by atoms with Gasteiger partial charge in [-0.1, -0.05) is 20.8 Å². The molecule has 2 atom stereocenters. The van der Waals surface area contributed by atoms with E-state index in [-0.39, 0.29) is 17.7 Å². The Balaban J connectivity index is 1.75. The van der Waals surface area contributed by atoms with Crippen molar-refractivity contribution in [1.29, 1.82) is 0 Å². The van der Waals surface area contributed by atoms with Gasteiger partial charge in [-0.3, -0.25) is 9.59 Å². The minimum atomic E-state index is -0.885. The summed E-state index contributed by atoms with van der Waals surface area (Å²) in [6.45, 7) is 9.09. The van der Waals surface area contributed by atoms with Gasteiger partial charge in [0.2, 0.25) is 11.8 Å². The van der Waals surface area contributed by atoms with Crippen LogP contribution in [0.5, 0.6) is 0 Å². The first-order chi connectivity index (χ1) is 11.2. The van der Waals surface area contributed by atoms with Crippen LogP contribution in [0.25, 0.3) is 0 Å². The summed E-state index contributed by atoms with van der Waals surface area (Å²) in [5, 5.41) is 15.4. The van der Waals surface area contributed by atoms with E-state index in [0.717, 1.165) is 31.6 Å². The number of hydrogen-bond acceptors (Lipinski definition) is 3. The Morgan fingerprint density at radius 1 is 1.08 bits per heavy atom. The molecule has 138 valence electrons. The number of nitrogens with one attached hydrogen (secondary N) is 2. The zero-order valence-corrected chi connectivity index (χ0v) is 15.6. The molecule has 2 amide bonds. The normalized spacial score (nSPS) is 27.2. The molecule has 0 aromatic heterocycles. The van der Waals surface area contributed by atoms with Crippen LogP contribution in [-0.4, -0.2) is 35.6 Å². The topological polar surface area (TPSA) is 78.4 Å². The molecular weight excluding hydrogens is 304 g/mol. The lowest BCUT2D eigenvalue weighted by Gasteiger charge is -2.37. The van der Waals surface area contributed by atoms with Crippen molar-refractivity contribution in [2.75, 3.05) is 6.54 Å². The van der Waals surface area contributed by atoms with Gasteiger partial charge < -0.3 is 15.7 Å². The molecule has 3 N–H and O–H groups in total. The molecule has 0 aliphatic heterocycles. The molecule has 5 heteroatoms. The molecule has 2 aliphatic carbocycles. The molecule has 2 fully saturated rings. The molecule has 0 radical (unpaired) electrons. The van der Waals surface area contributed by atoms with Crippen molar-refractivity contribution in [3.63, 3.8) is 0 Å². The van der Waals surface area contributed by atoms with Crippen LogP contribution in [0.1, 0.15) is 66.2 Å². The van der Waals surface area contributed by atoms with Crippen molar-refractivity contribution in [3.05, 3.63) is 0 Å². The monoisotopic (exact) mass is 338 g/mol. The zero-order chi connectivity index (χ0) is 17.9. The highest BCUT2D eigenvalue weighted by molar-refractivity contribution is 5.89. The summed E-state index contributed by atoms with van der Waals surface area (Å²) in [4.78, 5) is 24.2. The fourth-order valence-corrected chi connectivity index (χ4v) is 3.61. The van der Waals surface area contributed by atoms with Crippen LogP contribution < -0.4 is 10.6 Å². The van der Waals surface area contributed by atoms with Crippen molar-refractivity contribution in [2.45, 2.75) is 78.4 Å². The molecule has 2 aliphatic rings. The average molecular weight is 338 g/mol. The second kappa shape index (κ2) is 7.85. The van der Waals surface area contributed by atoms with E-state index in [1.54, 1.807) is 6.92 Å². The van der Waals surface area contributed by atoms with Crippen LogP contribution >= 0.6 is 0 Å². The van der Waals surface area contributed by atoms with Gasteiger partial charge in [-0.15, -0.1) is 0 Å². The second-order valence-electron chi connectivity index (χ2n) is 8.83. The molecule has 0 spiro atoms. The predicted octanol–water partition coefficient (Wildman–Crippen LogP) is 2.23. The van der Waals surface area contributed by atoms with E-state index in [0.29, 0.717) is 17.9 Å². The van der Waals surface area contributed by atoms with E-state index in [9.17, 15) is 14.7 Å². The van der Waals surface area contributed by atoms with Crippen LogP contribution in [0, 0.1) is 23.2 Å². The minimum absolute atomic E-state index is 0.0340. The fraction of sp³-hybridized carbons (Fsp3) is 0.895. The number of aliphatic hydroxyl groups excluding tert-OH is 1. The Morgan fingerprint density at radius 3 is 2.12 bits per heavy atom. The summed E-state index contributed by atoms with van der Waals surface area (Å²) < 4.78 is 0. The molecule has 5 nitrogen and oxygen atoms in total. The smallest absolute Gasteiger partial charge is 0.245 e. The van der Waals surface area contributed by atoms with Crippen molar-refractivity contribution < 1.29 is 14.7 Å². The van der Waals surface area contributed by atoms with E-state index in [2.05, 4.69) is 31.4 Å². The Bertz CT molecular complexity index is 444. The van der Waals surface area contributed by atoms with Crippen molar-refractivity contribution in [1.82, 2.24) is 10.6 Å². The first-order valence-corrected chi connectivity index (χ1v) is 9.44. The number of amides is 2. The van der Waals surface area contributed by atoms with Gasteiger partial charge in [-0.2, -0.15) is 0 Å². The molecule has 2 saturated carbocycles. The van der Waals surface area contributed by atoms with Gasteiger partial charge in [0.25, 0.3) is 0 Å². The van der Waals surface area contributed by atoms with Crippen molar-refractivity contribution in [3.8, 4) is 0 Å². The summed E-state index contributed by atoms with van der Waals surface area (Å²) >= 11 is 0. The second-order valence-corrected chi connectivity index (χ2v) is 8.83. The molecule has 0 heterocycles. The quantitative estimate of drug-likeness (QED) is 0.695. The molecule has 2 unspecified atom stereocenters. The molecule has 2 rings (SSSR count). The largest absolute Gasteiger partial charge is 0.391 e. The highest BCUT2D eigenvalue weighted by Gasteiger charge is 2.35. The van der Waals surface area contributed by atoms with Crippen LogP contribution in [0.3, 0.4) is 0 Å². The van der Waals surface area contributed by atoms with Crippen LogP contribution in [0.4, 0.5) is 0 Å². The third-order valence-corrected chi connectivity index (χ3v) is 5.65. The first kappa shape index (κ1) is 19.2. The molecule has 0 bridgehead atoms. The summed E-state index contributed by atoms with van der Waals surface area (Å²) in [6, 6.07) is -0.844. The number of carbonyl (C=O) groups is 2. The Hall–Kier alpha value is -1.10. The SMILES string of the molecule is CC(O)C(NC(=O)C1CC1)C(=O)NCC1CCC(C(C)(C)C)CC1. The molecular formula is C19H34N2O3. The fourth-order valence-electron chi connectivity index (χ4n) is 3.61. The maximum Gasteiger partial charge on any atom is 0.245 e. The summed E-state index contributed by atoms with van der Waals surface area (Å²) in [5.74, 6) is 0.916. The van der Waals surface area contributed by atoms with Gasteiger partial charge in [-0.05, 0) is 62.7 Å². The lowest BCUT2D eigenvalue weighted by atomic mass is 9.70. The van der Waals surface area contributed by atoms with Crippen LogP contribution in [-0.2, 0) is 9.59 Å². The molecule has 24 heavy (non-hydrogen) atoms. The van der Waals surface area contributed by atoms with E-state index >= 15 is 0 Å². The predicted molar refractivity (Wildman–Crippen MR) is 94.2 cm³/mol. The van der Waals surface area contributed by atoms with Gasteiger partial charge in [0, 0.05) is 12.5 Å². The molecule has 0 aromatic rings. The Morgan fingerprint density at radius 2 is 1.67 bits per heavy atom. The highest BCUT2D eigenvalue weighted by Crippen LogP contribution is 2.39. The third kappa shape index (κ3) is 5.47. The third-order valence-electron chi connectivity index (χ3n) is 5.65. The van der Waals surface area contributed by atoms with Gasteiger partial charge in [-0.25, -0.2) is 0 Å². The number of rotatable bonds is 6. The van der Waals surface area contributed by atoms with Crippen LogP contribution in [0.15, 0.2) is 0 Å². The molecule has 0 aromatic carbocycles. The van der Waals surface area contributed by atoms with Gasteiger partial charge >= 0.3 is 0 Å². The van der Waals surface area contributed by atoms with Crippen molar-refractivity contribution in [2.24, 2.45) is 23.2 Å². The number of carbonyl (C=O) groups excluding carboxylic acids is 2. The first-order valence-electron chi connectivity index (χ1n) is 9.44. The minimum Gasteiger partial charge on any atom is -0.391 e. The molecule has 0 saturated heterocycles. The zero-order valence-electron chi connectivity index (χ0n) is 15.6. The Kier molecular flexibility index (Phi) is 6.29. The van der Waals surface area contributed by atoms with Gasteiger partial charge in [0.05, 0.1) is 6.10 Å².